The number of hydrogen-bond acceptors (Lipinski definition) is 6. The molecule has 5 nitrogen and oxygen atoms in total. The zero-order chi connectivity index (χ0) is 14.4. The molecular weight excluding hydrogens is 306 g/mol. The van der Waals surface area contributed by atoms with Gasteiger partial charge in [-0.15, -0.1) is 11.3 Å². The molecule has 1 aliphatic heterocycles. The molecule has 0 bridgehead atoms. The van der Waals surface area contributed by atoms with Crippen LogP contribution in [0.2, 0.25) is 0 Å². The molecule has 21 heavy (non-hydrogen) atoms. The Morgan fingerprint density at radius 2 is 2.10 bits per heavy atom. The van der Waals surface area contributed by atoms with E-state index in [-0.39, 0.29) is 17.5 Å². The number of aromatic nitrogens is 2. The predicted molar refractivity (Wildman–Crippen MR) is 84.7 cm³/mol. The van der Waals surface area contributed by atoms with Crippen LogP contribution in [-0.2, 0) is 22.7 Å². The van der Waals surface area contributed by atoms with Crippen LogP contribution >= 0.6 is 11.3 Å². The highest BCUT2D eigenvalue weighted by molar-refractivity contribution is 7.91. The summed E-state index contributed by atoms with van der Waals surface area (Å²) in [5.74, 6) is 1.31. The Kier molecular flexibility index (Phi) is 3.15. The summed E-state index contributed by atoms with van der Waals surface area (Å²) in [6.45, 7) is 0. The Balaban J connectivity index is 1.73. The third-order valence-corrected chi connectivity index (χ3v) is 7.29. The molecule has 0 radical (unpaired) electrons. The Bertz CT molecular complexity index is 798. The molecule has 1 saturated heterocycles. The van der Waals surface area contributed by atoms with Gasteiger partial charge in [-0.1, -0.05) is 0 Å². The van der Waals surface area contributed by atoms with Crippen LogP contribution in [0.15, 0.2) is 6.33 Å². The summed E-state index contributed by atoms with van der Waals surface area (Å²) in [6.07, 6.45) is 6.92. The van der Waals surface area contributed by atoms with Crippen molar-refractivity contribution in [3.05, 3.63) is 16.8 Å². The van der Waals surface area contributed by atoms with E-state index in [0.717, 1.165) is 28.9 Å². The summed E-state index contributed by atoms with van der Waals surface area (Å²) in [6, 6.07) is -0.0211. The van der Waals surface area contributed by atoms with Crippen LogP contribution in [-0.4, -0.2) is 35.9 Å². The SMILES string of the molecule is O=S1(=O)CC[C@@H](Nc2ncnc3sc4c(c23)CCCC4)C1. The van der Waals surface area contributed by atoms with Gasteiger partial charge < -0.3 is 5.32 Å². The van der Waals surface area contributed by atoms with Crippen molar-refractivity contribution in [3.63, 3.8) is 0 Å². The molecule has 1 aliphatic carbocycles. The Hall–Kier alpha value is -1.21. The number of nitrogens with one attached hydrogen (secondary N) is 1. The van der Waals surface area contributed by atoms with Crippen LogP contribution < -0.4 is 5.32 Å². The second-order valence-corrected chi connectivity index (χ2v) is 9.17. The van der Waals surface area contributed by atoms with Gasteiger partial charge >= 0.3 is 0 Å². The zero-order valence-electron chi connectivity index (χ0n) is 11.6. The largest absolute Gasteiger partial charge is 0.366 e. The fourth-order valence-electron chi connectivity index (χ4n) is 3.30. The smallest absolute Gasteiger partial charge is 0.152 e. The second kappa shape index (κ2) is 4.91. The van der Waals surface area contributed by atoms with Crippen LogP contribution in [0.1, 0.15) is 29.7 Å². The maximum atomic E-state index is 11.6. The summed E-state index contributed by atoms with van der Waals surface area (Å²) in [4.78, 5) is 11.2. The number of fused-ring (bicyclic) bond motifs is 3. The first-order chi connectivity index (χ1) is 10.1. The van der Waals surface area contributed by atoms with Crippen molar-refractivity contribution in [1.29, 1.82) is 0 Å². The molecule has 1 fully saturated rings. The topological polar surface area (TPSA) is 72.0 Å². The molecule has 0 spiro atoms. The van der Waals surface area contributed by atoms with E-state index in [9.17, 15) is 8.42 Å². The number of aryl methyl sites for hydroxylation is 2. The van der Waals surface area contributed by atoms with Crippen molar-refractivity contribution in [3.8, 4) is 0 Å². The molecular formula is C14H17N3O2S2. The molecule has 3 heterocycles. The minimum absolute atomic E-state index is 0.0211. The highest BCUT2D eigenvalue weighted by Crippen LogP contribution is 2.38. The van der Waals surface area contributed by atoms with Gasteiger partial charge in [-0.2, -0.15) is 0 Å². The number of rotatable bonds is 2. The fourth-order valence-corrected chi connectivity index (χ4v) is 6.20. The Morgan fingerprint density at radius 3 is 2.90 bits per heavy atom. The van der Waals surface area contributed by atoms with Gasteiger partial charge in [-0.05, 0) is 37.7 Å². The van der Waals surface area contributed by atoms with E-state index in [0.29, 0.717) is 6.42 Å². The molecule has 0 aromatic carbocycles. The van der Waals surface area contributed by atoms with Crippen molar-refractivity contribution in [2.45, 2.75) is 38.1 Å². The maximum Gasteiger partial charge on any atom is 0.152 e. The standard InChI is InChI=1S/C14H17N3O2S2/c18-21(19)6-5-9(7-21)17-13-12-10-3-1-2-4-11(10)20-14(12)16-8-15-13/h8-9H,1-7H2,(H,15,16,17)/t9-/m1/s1. The number of anilines is 1. The van der Waals surface area contributed by atoms with Crippen LogP contribution in [0.3, 0.4) is 0 Å². The third kappa shape index (κ3) is 2.42. The molecule has 0 unspecified atom stereocenters. The monoisotopic (exact) mass is 323 g/mol. The van der Waals surface area contributed by atoms with Gasteiger partial charge in [0.1, 0.15) is 17.0 Å². The highest BCUT2D eigenvalue weighted by atomic mass is 32.2. The summed E-state index contributed by atoms with van der Waals surface area (Å²) < 4.78 is 23.2. The zero-order valence-corrected chi connectivity index (χ0v) is 13.3. The molecule has 0 saturated carbocycles. The van der Waals surface area contributed by atoms with Gasteiger partial charge in [0.05, 0.1) is 16.9 Å². The van der Waals surface area contributed by atoms with E-state index in [1.807, 2.05) is 0 Å². The third-order valence-electron chi connectivity index (χ3n) is 4.32. The maximum absolute atomic E-state index is 11.6. The molecule has 2 aliphatic rings. The van der Waals surface area contributed by atoms with Crippen molar-refractivity contribution in [2.24, 2.45) is 0 Å². The fraction of sp³-hybridized carbons (Fsp3) is 0.571. The second-order valence-electron chi connectivity index (χ2n) is 5.86. The summed E-state index contributed by atoms with van der Waals surface area (Å²) in [7, 11) is -2.88. The van der Waals surface area contributed by atoms with E-state index in [1.165, 1.54) is 23.3 Å². The van der Waals surface area contributed by atoms with Crippen molar-refractivity contribution >= 4 is 37.2 Å². The summed E-state index contributed by atoms with van der Waals surface area (Å²) in [5.41, 5.74) is 1.38. The lowest BCUT2D eigenvalue weighted by molar-refractivity contribution is 0.602. The van der Waals surface area contributed by atoms with E-state index >= 15 is 0 Å². The first kappa shape index (κ1) is 13.5. The number of sulfone groups is 1. The molecule has 7 heteroatoms. The molecule has 1 atom stereocenters. The molecule has 2 aromatic rings. The average Bonchev–Trinajstić information content (AvgIpc) is 2.99. The van der Waals surface area contributed by atoms with Gasteiger partial charge in [0, 0.05) is 10.9 Å². The van der Waals surface area contributed by atoms with Crippen LogP contribution in [0.4, 0.5) is 5.82 Å². The van der Waals surface area contributed by atoms with Crippen LogP contribution in [0, 0.1) is 0 Å². The summed E-state index contributed by atoms with van der Waals surface area (Å²) >= 11 is 1.76. The minimum atomic E-state index is -2.88. The van der Waals surface area contributed by atoms with Crippen LogP contribution in [0.25, 0.3) is 10.2 Å². The Morgan fingerprint density at radius 1 is 1.24 bits per heavy atom. The van der Waals surface area contributed by atoms with Gasteiger partial charge in [0.25, 0.3) is 0 Å². The van der Waals surface area contributed by atoms with Gasteiger partial charge in [-0.3, -0.25) is 0 Å². The quantitative estimate of drug-likeness (QED) is 0.917. The van der Waals surface area contributed by atoms with Gasteiger partial charge in [-0.25, -0.2) is 18.4 Å². The first-order valence-corrected chi connectivity index (χ1v) is 9.98. The molecule has 112 valence electrons. The average molecular weight is 323 g/mol. The lowest BCUT2D eigenvalue weighted by atomic mass is 9.97. The van der Waals surface area contributed by atoms with Crippen molar-refractivity contribution < 1.29 is 8.42 Å². The Labute approximate surface area is 127 Å². The molecule has 2 aromatic heterocycles. The lowest BCUT2D eigenvalue weighted by Gasteiger charge is -2.15. The van der Waals surface area contributed by atoms with Gasteiger partial charge in [0.2, 0.25) is 0 Å². The van der Waals surface area contributed by atoms with Crippen LogP contribution in [0.5, 0.6) is 0 Å². The van der Waals surface area contributed by atoms with E-state index in [4.69, 9.17) is 0 Å². The summed E-state index contributed by atoms with van der Waals surface area (Å²) in [5, 5.41) is 4.48. The minimum Gasteiger partial charge on any atom is -0.366 e. The van der Waals surface area contributed by atoms with Crippen molar-refractivity contribution in [1.82, 2.24) is 9.97 Å². The number of thiophene rings is 1. The van der Waals surface area contributed by atoms with Gasteiger partial charge in [0.15, 0.2) is 9.84 Å². The predicted octanol–water partition coefficient (Wildman–Crippen LogP) is 2.17. The number of hydrogen-bond donors (Lipinski definition) is 1. The van der Waals surface area contributed by atoms with Crippen molar-refractivity contribution in [2.75, 3.05) is 16.8 Å². The lowest BCUT2D eigenvalue weighted by Crippen LogP contribution is -2.21. The number of nitrogens with zero attached hydrogens (tertiary/aromatic N) is 2. The van der Waals surface area contributed by atoms with E-state index in [2.05, 4.69) is 15.3 Å². The molecule has 0 amide bonds. The highest BCUT2D eigenvalue weighted by Gasteiger charge is 2.29. The molecule has 1 N–H and O–H groups in total. The van der Waals surface area contributed by atoms with E-state index in [1.54, 1.807) is 17.7 Å². The normalized spacial score (nSPS) is 24.1. The first-order valence-electron chi connectivity index (χ1n) is 7.34. The van der Waals surface area contributed by atoms with E-state index < -0.39 is 9.84 Å². The molecule has 4 rings (SSSR count).